The highest BCUT2D eigenvalue weighted by Crippen LogP contribution is 2.35. The highest BCUT2D eigenvalue weighted by Gasteiger charge is 2.09. The molecule has 0 bridgehead atoms. The van der Waals surface area contributed by atoms with Gasteiger partial charge in [0, 0.05) is 6.07 Å². The van der Waals surface area contributed by atoms with Gasteiger partial charge in [-0.2, -0.15) is 4.98 Å². The van der Waals surface area contributed by atoms with Gasteiger partial charge in [-0.15, -0.1) is 0 Å². The molecule has 3 aromatic rings. The number of hydrazine groups is 1. The summed E-state index contributed by atoms with van der Waals surface area (Å²) in [5.74, 6) is 7.60. The first-order valence-corrected chi connectivity index (χ1v) is 7.14. The molecule has 1 heterocycles. The van der Waals surface area contributed by atoms with Crippen LogP contribution in [0.2, 0.25) is 0 Å². The van der Waals surface area contributed by atoms with Gasteiger partial charge in [0.1, 0.15) is 17.4 Å². The molecule has 3 rings (SSSR count). The van der Waals surface area contributed by atoms with Crippen molar-refractivity contribution in [2.24, 2.45) is 5.84 Å². The van der Waals surface area contributed by atoms with Crippen LogP contribution in [0, 0.1) is 6.92 Å². The Balaban J connectivity index is 2.02. The predicted molar refractivity (Wildman–Crippen MR) is 86.3 cm³/mol. The van der Waals surface area contributed by atoms with E-state index in [9.17, 15) is 0 Å². The Morgan fingerprint density at radius 3 is 2.76 bits per heavy atom. The van der Waals surface area contributed by atoms with Crippen LogP contribution in [0.3, 0.4) is 0 Å². The van der Waals surface area contributed by atoms with E-state index in [0.717, 1.165) is 15.2 Å². The molecule has 2 aromatic carbocycles. The lowest BCUT2D eigenvalue weighted by atomic mass is 10.1. The molecule has 0 aliphatic carbocycles. The summed E-state index contributed by atoms with van der Waals surface area (Å²) in [6.45, 7) is 1.78. The minimum atomic E-state index is 0.437. The second-order valence-electron chi connectivity index (χ2n) is 4.48. The Morgan fingerprint density at radius 1 is 1.14 bits per heavy atom. The van der Waals surface area contributed by atoms with Gasteiger partial charge in [-0.3, -0.25) is 0 Å². The average molecular weight is 345 g/mol. The zero-order valence-corrected chi connectivity index (χ0v) is 12.9. The summed E-state index contributed by atoms with van der Waals surface area (Å²) in [7, 11) is 0. The SMILES string of the molecule is Cc1nc(NN)cc(Oc2ccc3ccccc3c2Br)n1. The normalized spacial score (nSPS) is 10.6. The van der Waals surface area contributed by atoms with Crippen molar-refractivity contribution < 1.29 is 4.74 Å². The molecule has 0 atom stereocenters. The fourth-order valence-electron chi connectivity index (χ4n) is 2.07. The number of benzene rings is 2. The van der Waals surface area contributed by atoms with Crippen molar-refractivity contribution in [3.8, 4) is 11.6 Å². The quantitative estimate of drug-likeness (QED) is 0.558. The molecule has 0 fully saturated rings. The van der Waals surface area contributed by atoms with Crippen molar-refractivity contribution in [1.29, 1.82) is 0 Å². The molecule has 3 N–H and O–H groups in total. The average Bonchev–Trinajstić information content (AvgIpc) is 2.50. The minimum Gasteiger partial charge on any atom is -0.438 e. The van der Waals surface area contributed by atoms with E-state index >= 15 is 0 Å². The van der Waals surface area contributed by atoms with Gasteiger partial charge in [0.2, 0.25) is 5.88 Å². The largest absolute Gasteiger partial charge is 0.438 e. The third-order valence-electron chi connectivity index (χ3n) is 3.00. The highest BCUT2D eigenvalue weighted by atomic mass is 79.9. The molecule has 0 aliphatic rings. The fraction of sp³-hybridized carbons (Fsp3) is 0.0667. The van der Waals surface area contributed by atoms with Crippen molar-refractivity contribution in [3.63, 3.8) is 0 Å². The standard InChI is InChI=1S/C15H13BrN4O/c1-9-18-13(20-17)8-14(19-9)21-12-7-6-10-4-2-3-5-11(10)15(12)16/h2-8H,17H2,1H3,(H,18,19,20). The number of fused-ring (bicyclic) bond motifs is 1. The van der Waals surface area contributed by atoms with Crippen molar-refractivity contribution in [2.45, 2.75) is 6.92 Å². The van der Waals surface area contributed by atoms with Crippen molar-refractivity contribution >= 4 is 32.5 Å². The second kappa shape index (κ2) is 5.67. The van der Waals surface area contributed by atoms with Gasteiger partial charge in [0.15, 0.2) is 0 Å². The number of nitrogens with zero attached hydrogens (tertiary/aromatic N) is 2. The number of halogens is 1. The number of ether oxygens (including phenoxy) is 1. The van der Waals surface area contributed by atoms with Crippen LogP contribution < -0.4 is 16.0 Å². The minimum absolute atomic E-state index is 0.437. The van der Waals surface area contributed by atoms with Gasteiger partial charge in [-0.25, -0.2) is 10.8 Å². The van der Waals surface area contributed by atoms with Gasteiger partial charge < -0.3 is 10.2 Å². The molecule has 21 heavy (non-hydrogen) atoms. The van der Waals surface area contributed by atoms with Crippen LogP contribution in [0.4, 0.5) is 5.82 Å². The van der Waals surface area contributed by atoms with Crippen LogP contribution in [0.1, 0.15) is 5.82 Å². The van der Waals surface area contributed by atoms with E-state index < -0.39 is 0 Å². The second-order valence-corrected chi connectivity index (χ2v) is 5.28. The zero-order chi connectivity index (χ0) is 14.8. The van der Waals surface area contributed by atoms with Crippen LogP contribution in [0.5, 0.6) is 11.6 Å². The Labute approximate surface area is 130 Å². The molecule has 0 saturated heterocycles. The number of nitrogen functional groups attached to an aromatic ring is 1. The number of anilines is 1. The Bertz CT molecular complexity index is 807. The summed E-state index contributed by atoms with van der Waals surface area (Å²) in [5.41, 5.74) is 2.50. The smallest absolute Gasteiger partial charge is 0.224 e. The van der Waals surface area contributed by atoms with Gasteiger partial charge in [-0.1, -0.05) is 30.3 Å². The van der Waals surface area contributed by atoms with Crippen LogP contribution in [0.15, 0.2) is 46.9 Å². The van der Waals surface area contributed by atoms with Crippen molar-refractivity contribution in [3.05, 3.63) is 52.8 Å². The fourth-order valence-corrected chi connectivity index (χ4v) is 2.65. The molecule has 5 nitrogen and oxygen atoms in total. The van der Waals surface area contributed by atoms with Gasteiger partial charge in [0.05, 0.1) is 4.47 Å². The van der Waals surface area contributed by atoms with Crippen LogP contribution in [0.25, 0.3) is 10.8 Å². The van der Waals surface area contributed by atoms with Gasteiger partial charge >= 0.3 is 0 Å². The lowest BCUT2D eigenvalue weighted by Gasteiger charge is -2.10. The van der Waals surface area contributed by atoms with E-state index in [1.165, 1.54) is 0 Å². The number of nitrogens with two attached hydrogens (primary N) is 1. The molecule has 0 unspecified atom stereocenters. The summed E-state index contributed by atoms with van der Waals surface area (Å²) in [4.78, 5) is 8.38. The predicted octanol–water partition coefficient (Wildman–Crippen LogP) is 3.78. The third kappa shape index (κ3) is 2.81. The van der Waals surface area contributed by atoms with E-state index in [0.29, 0.717) is 23.3 Å². The van der Waals surface area contributed by atoms with Gasteiger partial charge in [-0.05, 0) is 39.7 Å². The third-order valence-corrected chi connectivity index (χ3v) is 3.82. The lowest BCUT2D eigenvalue weighted by molar-refractivity contribution is 0.458. The first-order chi connectivity index (χ1) is 10.2. The number of aryl methyl sites for hydroxylation is 1. The van der Waals surface area contributed by atoms with Crippen LogP contribution in [-0.4, -0.2) is 9.97 Å². The maximum absolute atomic E-state index is 5.85. The van der Waals surface area contributed by atoms with E-state index in [-0.39, 0.29) is 0 Å². The Kier molecular flexibility index (Phi) is 3.72. The summed E-state index contributed by atoms with van der Waals surface area (Å²) < 4.78 is 6.74. The topological polar surface area (TPSA) is 73.1 Å². The summed E-state index contributed by atoms with van der Waals surface area (Å²) in [6.07, 6.45) is 0. The molecule has 0 amide bonds. The number of nitrogens with one attached hydrogen (secondary N) is 1. The summed E-state index contributed by atoms with van der Waals surface area (Å²) >= 11 is 3.58. The lowest BCUT2D eigenvalue weighted by Crippen LogP contribution is -2.09. The number of hydrogen-bond acceptors (Lipinski definition) is 5. The first-order valence-electron chi connectivity index (χ1n) is 6.35. The van der Waals surface area contributed by atoms with Crippen molar-refractivity contribution in [1.82, 2.24) is 9.97 Å². The molecule has 0 saturated carbocycles. The van der Waals surface area contributed by atoms with Crippen LogP contribution >= 0.6 is 15.9 Å². The van der Waals surface area contributed by atoms with E-state index in [4.69, 9.17) is 10.6 Å². The van der Waals surface area contributed by atoms with Crippen molar-refractivity contribution in [2.75, 3.05) is 5.43 Å². The van der Waals surface area contributed by atoms with Crippen LogP contribution in [-0.2, 0) is 0 Å². The molecule has 0 spiro atoms. The van der Waals surface area contributed by atoms with E-state index in [2.05, 4.69) is 37.4 Å². The zero-order valence-electron chi connectivity index (χ0n) is 11.3. The molecule has 1 aromatic heterocycles. The molecule has 106 valence electrons. The monoisotopic (exact) mass is 344 g/mol. The Morgan fingerprint density at radius 2 is 1.95 bits per heavy atom. The molecule has 0 aliphatic heterocycles. The molecule has 0 radical (unpaired) electrons. The maximum Gasteiger partial charge on any atom is 0.224 e. The molecular formula is C15H13BrN4O. The summed E-state index contributed by atoms with van der Waals surface area (Å²) in [5, 5.41) is 2.22. The first kappa shape index (κ1) is 13.8. The van der Waals surface area contributed by atoms with Gasteiger partial charge in [0.25, 0.3) is 0 Å². The number of hydrogen-bond donors (Lipinski definition) is 2. The molecule has 6 heteroatoms. The highest BCUT2D eigenvalue weighted by molar-refractivity contribution is 9.10. The number of rotatable bonds is 3. The van der Waals surface area contributed by atoms with E-state index in [1.54, 1.807) is 13.0 Å². The maximum atomic E-state index is 5.85. The van der Waals surface area contributed by atoms with E-state index in [1.807, 2.05) is 30.3 Å². The molecular weight excluding hydrogens is 332 g/mol. The Hall–Kier alpha value is -2.18. The number of aromatic nitrogens is 2. The summed E-state index contributed by atoms with van der Waals surface area (Å²) in [6, 6.07) is 13.6.